The summed E-state index contributed by atoms with van der Waals surface area (Å²) in [4.78, 5) is 5.35. The number of piperidine rings is 1. The molecule has 0 aromatic carbocycles. The fraction of sp³-hybridized carbons (Fsp3) is 1.00. The predicted molar refractivity (Wildman–Crippen MR) is 77.7 cm³/mol. The van der Waals surface area contributed by atoms with Crippen molar-refractivity contribution in [3.05, 3.63) is 0 Å². The average Bonchev–Trinajstić information content (AvgIpc) is 2.87. The quantitative estimate of drug-likeness (QED) is 0.831. The Morgan fingerprint density at radius 2 is 2.00 bits per heavy atom. The minimum absolute atomic E-state index is 0.640. The third-order valence-electron chi connectivity index (χ3n) is 5.11. The van der Waals surface area contributed by atoms with Gasteiger partial charge in [-0.05, 0) is 45.6 Å². The van der Waals surface area contributed by atoms with Crippen LogP contribution in [-0.2, 0) is 0 Å². The molecule has 3 heteroatoms. The van der Waals surface area contributed by atoms with Crippen molar-refractivity contribution in [1.82, 2.24) is 9.80 Å². The number of rotatable bonds is 4. The van der Waals surface area contributed by atoms with Gasteiger partial charge in [-0.25, -0.2) is 0 Å². The van der Waals surface area contributed by atoms with E-state index in [0.717, 1.165) is 18.5 Å². The third-order valence-corrected chi connectivity index (χ3v) is 5.11. The highest BCUT2D eigenvalue weighted by Gasteiger charge is 2.35. The number of likely N-dealkylation sites (tertiary alicyclic amines) is 2. The molecule has 2 rings (SSSR count). The number of nitrogens with two attached hydrogens (primary N) is 1. The van der Waals surface area contributed by atoms with Gasteiger partial charge in [0, 0.05) is 37.8 Å². The Kier molecular flexibility index (Phi) is 5.05. The van der Waals surface area contributed by atoms with Crippen molar-refractivity contribution in [2.75, 3.05) is 26.2 Å². The van der Waals surface area contributed by atoms with E-state index in [4.69, 9.17) is 5.73 Å². The molecule has 2 aliphatic heterocycles. The van der Waals surface area contributed by atoms with Crippen LogP contribution in [0.1, 0.15) is 46.5 Å². The lowest BCUT2D eigenvalue weighted by atomic mass is 9.88. The van der Waals surface area contributed by atoms with E-state index in [1.807, 2.05) is 0 Å². The van der Waals surface area contributed by atoms with E-state index < -0.39 is 0 Å². The Balaban J connectivity index is 1.92. The summed E-state index contributed by atoms with van der Waals surface area (Å²) in [5.41, 5.74) is 6.02. The molecule has 106 valence electrons. The Labute approximate surface area is 113 Å². The van der Waals surface area contributed by atoms with Crippen LogP contribution in [-0.4, -0.2) is 54.1 Å². The van der Waals surface area contributed by atoms with Gasteiger partial charge >= 0.3 is 0 Å². The first-order valence-electron chi connectivity index (χ1n) is 7.85. The maximum Gasteiger partial charge on any atom is 0.0238 e. The Morgan fingerprint density at radius 3 is 2.56 bits per heavy atom. The SMILES string of the molecule is CCC1CCN(C2CCN(C(C)C)C2)C(CN)C1. The largest absolute Gasteiger partial charge is 0.329 e. The van der Waals surface area contributed by atoms with Gasteiger partial charge in [0.25, 0.3) is 0 Å². The van der Waals surface area contributed by atoms with Crippen molar-refractivity contribution in [2.24, 2.45) is 11.7 Å². The van der Waals surface area contributed by atoms with Gasteiger partial charge in [0.1, 0.15) is 0 Å². The molecule has 3 nitrogen and oxygen atoms in total. The second-order valence-corrected chi connectivity index (χ2v) is 6.46. The lowest BCUT2D eigenvalue weighted by Crippen LogP contribution is -2.52. The van der Waals surface area contributed by atoms with E-state index in [0.29, 0.717) is 12.1 Å². The Hall–Kier alpha value is -0.120. The van der Waals surface area contributed by atoms with E-state index in [-0.39, 0.29) is 0 Å². The zero-order valence-corrected chi connectivity index (χ0v) is 12.4. The smallest absolute Gasteiger partial charge is 0.0238 e. The molecule has 0 aliphatic carbocycles. The van der Waals surface area contributed by atoms with Crippen molar-refractivity contribution in [2.45, 2.75) is 64.6 Å². The van der Waals surface area contributed by atoms with Gasteiger partial charge in [-0.15, -0.1) is 0 Å². The van der Waals surface area contributed by atoms with Crippen LogP contribution in [0.2, 0.25) is 0 Å². The Bertz CT molecular complexity index is 254. The van der Waals surface area contributed by atoms with Crippen LogP contribution in [0.5, 0.6) is 0 Å². The molecule has 2 saturated heterocycles. The van der Waals surface area contributed by atoms with Crippen molar-refractivity contribution in [3.8, 4) is 0 Å². The minimum atomic E-state index is 0.640. The molecule has 18 heavy (non-hydrogen) atoms. The molecule has 2 heterocycles. The van der Waals surface area contributed by atoms with Crippen LogP contribution >= 0.6 is 0 Å². The third kappa shape index (κ3) is 3.06. The van der Waals surface area contributed by atoms with Gasteiger partial charge in [-0.2, -0.15) is 0 Å². The maximum absolute atomic E-state index is 6.02. The summed E-state index contributed by atoms with van der Waals surface area (Å²) >= 11 is 0. The lowest BCUT2D eigenvalue weighted by Gasteiger charge is -2.42. The topological polar surface area (TPSA) is 32.5 Å². The molecule has 2 aliphatic rings. The molecule has 0 aromatic rings. The zero-order valence-electron chi connectivity index (χ0n) is 12.4. The molecule has 0 spiro atoms. The van der Waals surface area contributed by atoms with Crippen molar-refractivity contribution < 1.29 is 0 Å². The molecular weight excluding hydrogens is 222 g/mol. The monoisotopic (exact) mass is 253 g/mol. The molecule has 3 atom stereocenters. The number of hydrogen-bond acceptors (Lipinski definition) is 3. The van der Waals surface area contributed by atoms with Crippen LogP contribution < -0.4 is 5.73 Å². The average molecular weight is 253 g/mol. The summed E-state index contributed by atoms with van der Waals surface area (Å²) < 4.78 is 0. The second-order valence-electron chi connectivity index (χ2n) is 6.46. The molecule has 0 radical (unpaired) electrons. The van der Waals surface area contributed by atoms with Crippen molar-refractivity contribution in [3.63, 3.8) is 0 Å². The van der Waals surface area contributed by atoms with Gasteiger partial charge in [-0.1, -0.05) is 13.3 Å². The normalized spacial score (nSPS) is 35.5. The first kappa shape index (κ1) is 14.3. The van der Waals surface area contributed by atoms with E-state index in [9.17, 15) is 0 Å². The summed E-state index contributed by atoms with van der Waals surface area (Å²) in [5, 5.41) is 0. The summed E-state index contributed by atoms with van der Waals surface area (Å²) in [6.07, 6.45) is 5.37. The highest BCUT2D eigenvalue weighted by molar-refractivity contribution is 4.91. The molecule has 0 saturated carbocycles. The van der Waals surface area contributed by atoms with Crippen LogP contribution in [0.4, 0.5) is 0 Å². The van der Waals surface area contributed by atoms with Gasteiger partial charge in [-0.3, -0.25) is 9.80 Å². The number of hydrogen-bond donors (Lipinski definition) is 1. The summed E-state index contributed by atoms with van der Waals surface area (Å²) in [6, 6.07) is 2.10. The van der Waals surface area contributed by atoms with E-state index in [1.54, 1.807) is 0 Å². The lowest BCUT2D eigenvalue weighted by molar-refractivity contribution is 0.0711. The fourth-order valence-electron chi connectivity index (χ4n) is 3.74. The van der Waals surface area contributed by atoms with Crippen LogP contribution in [0.3, 0.4) is 0 Å². The second kappa shape index (κ2) is 6.36. The van der Waals surface area contributed by atoms with E-state index in [2.05, 4.69) is 30.6 Å². The first-order chi connectivity index (χ1) is 8.65. The minimum Gasteiger partial charge on any atom is -0.329 e. The van der Waals surface area contributed by atoms with E-state index in [1.165, 1.54) is 45.3 Å². The fourth-order valence-corrected chi connectivity index (χ4v) is 3.74. The van der Waals surface area contributed by atoms with Crippen molar-refractivity contribution >= 4 is 0 Å². The number of nitrogens with zero attached hydrogens (tertiary/aromatic N) is 2. The molecule has 2 N–H and O–H groups in total. The highest BCUT2D eigenvalue weighted by atomic mass is 15.3. The van der Waals surface area contributed by atoms with E-state index >= 15 is 0 Å². The standard InChI is InChI=1S/C15H31N3/c1-4-13-5-8-18(15(9-13)10-16)14-6-7-17(11-14)12(2)3/h12-15H,4-11,16H2,1-3H3. The molecule has 0 aromatic heterocycles. The predicted octanol–water partition coefficient (Wildman–Crippen LogP) is 1.92. The van der Waals surface area contributed by atoms with Gasteiger partial charge in [0.15, 0.2) is 0 Å². The summed E-state index contributed by atoms with van der Waals surface area (Å²) in [7, 11) is 0. The molecule has 0 amide bonds. The summed E-state index contributed by atoms with van der Waals surface area (Å²) in [6.45, 7) is 11.6. The molecular formula is C15H31N3. The van der Waals surface area contributed by atoms with Crippen LogP contribution in [0.15, 0.2) is 0 Å². The summed E-state index contributed by atoms with van der Waals surface area (Å²) in [5.74, 6) is 0.914. The highest BCUT2D eigenvalue weighted by Crippen LogP contribution is 2.29. The van der Waals surface area contributed by atoms with Gasteiger partial charge in [0.05, 0.1) is 0 Å². The van der Waals surface area contributed by atoms with Crippen LogP contribution in [0, 0.1) is 5.92 Å². The van der Waals surface area contributed by atoms with Gasteiger partial charge in [0.2, 0.25) is 0 Å². The van der Waals surface area contributed by atoms with Crippen LogP contribution in [0.25, 0.3) is 0 Å². The zero-order chi connectivity index (χ0) is 13.1. The first-order valence-corrected chi connectivity index (χ1v) is 7.85. The van der Waals surface area contributed by atoms with Gasteiger partial charge < -0.3 is 5.73 Å². The molecule has 0 bridgehead atoms. The molecule has 3 unspecified atom stereocenters. The Morgan fingerprint density at radius 1 is 1.22 bits per heavy atom. The maximum atomic E-state index is 6.02. The van der Waals surface area contributed by atoms with Crippen molar-refractivity contribution in [1.29, 1.82) is 0 Å². The molecule has 2 fully saturated rings.